The number of hydrazone groups is 1. The molecule has 8 nitrogen and oxygen atoms in total. The quantitative estimate of drug-likeness (QED) is 0.283. The van der Waals surface area contributed by atoms with Crippen LogP contribution >= 0.6 is 0 Å². The molecule has 0 unspecified atom stereocenters. The number of nitrogens with zero attached hydrogens (tertiary/aromatic N) is 4. The molecule has 154 valence electrons. The van der Waals surface area contributed by atoms with Crippen LogP contribution in [-0.4, -0.2) is 28.3 Å². The molecule has 3 aromatic carbocycles. The molecule has 1 aromatic heterocycles. The molecule has 0 fully saturated rings. The van der Waals surface area contributed by atoms with Crippen LogP contribution in [0.15, 0.2) is 90.0 Å². The third-order valence-electron chi connectivity index (χ3n) is 4.17. The highest BCUT2D eigenvalue weighted by molar-refractivity contribution is 5.80. The Kier molecular flexibility index (Phi) is 6.30. The smallest absolute Gasteiger partial charge is 0.250 e. The summed E-state index contributed by atoms with van der Waals surface area (Å²) >= 11 is 0. The summed E-state index contributed by atoms with van der Waals surface area (Å²) in [6.07, 6.45) is 1.67. The van der Waals surface area contributed by atoms with Crippen molar-refractivity contribution in [1.82, 2.24) is 15.0 Å². The predicted molar refractivity (Wildman–Crippen MR) is 123 cm³/mol. The van der Waals surface area contributed by atoms with Gasteiger partial charge in [-0.2, -0.15) is 20.1 Å². The minimum absolute atomic E-state index is 0.297. The second kappa shape index (κ2) is 9.84. The van der Waals surface area contributed by atoms with Crippen LogP contribution in [0.4, 0.5) is 29.2 Å². The maximum atomic E-state index is 5.23. The first-order valence-electron chi connectivity index (χ1n) is 9.62. The van der Waals surface area contributed by atoms with Gasteiger partial charge in [0.15, 0.2) is 0 Å². The van der Waals surface area contributed by atoms with Crippen LogP contribution in [0, 0.1) is 0 Å². The maximum absolute atomic E-state index is 5.23. The Balaban J connectivity index is 1.56. The van der Waals surface area contributed by atoms with E-state index in [1.807, 2.05) is 84.9 Å². The summed E-state index contributed by atoms with van der Waals surface area (Å²) in [5.74, 6) is 1.83. The van der Waals surface area contributed by atoms with E-state index in [1.165, 1.54) is 0 Å². The van der Waals surface area contributed by atoms with Crippen LogP contribution in [-0.2, 0) is 0 Å². The van der Waals surface area contributed by atoms with Crippen molar-refractivity contribution in [3.05, 3.63) is 90.5 Å². The molecule has 4 aromatic rings. The molecule has 0 bridgehead atoms. The largest absolute Gasteiger partial charge is 0.497 e. The molecule has 0 radical (unpaired) electrons. The van der Waals surface area contributed by atoms with E-state index in [1.54, 1.807) is 13.3 Å². The van der Waals surface area contributed by atoms with Crippen molar-refractivity contribution >= 4 is 35.4 Å². The molecule has 0 saturated heterocycles. The third kappa shape index (κ3) is 5.77. The van der Waals surface area contributed by atoms with Gasteiger partial charge in [-0.25, -0.2) is 5.43 Å². The van der Waals surface area contributed by atoms with Crippen molar-refractivity contribution in [1.29, 1.82) is 0 Å². The number of nitrogens with one attached hydrogen (secondary N) is 3. The van der Waals surface area contributed by atoms with E-state index in [4.69, 9.17) is 4.74 Å². The van der Waals surface area contributed by atoms with Crippen LogP contribution in [0.25, 0.3) is 0 Å². The number of hydrogen-bond acceptors (Lipinski definition) is 8. The molecule has 31 heavy (non-hydrogen) atoms. The zero-order valence-electron chi connectivity index (χ0n) is 16.9. The van der Waals surface area contributed by atoms with Gasteiger partial charge >= 0.3 is 0 Å². The number of para-hydroxylation sites is 2. The van der Waals surface area contributed by atoms with Crippen LogP contribution < -0.4 is 20.8 Å². The van der Waals surface area contributed by atoms with Gasteiger partial charge in [0.25, 0.3) is 0 Å². The number of benzene rings is 3. The highest BCUT2D eigenvalue weighted by atomic mass is 16.5. The molecule has 0 aliphatic rings. The van der Waals surface area contributed by atoms with Gasteiger partial charge in [-0.3, -0.25) is 0 Å². The Hall–Kier alpha value is -4.46. The van der Waals surface area contributed by atoms with Crippen molar-refractivity contribution in [2.24, 2.45) is 5.10 Å². The number of aromatic nitrogens is 3. The molecule has 4 rings (SSSR count). The highest BCUT2D eigenvalue weighted by Gasteiger charge is 2.07. The zero-order chi connectivity index (χ0) is 21.3. The first-order chi connectivity index (χ1) is 15.3. The topological polar surface area (TPSA) is 96.4 Å². The Morgan fingerprint density at radius 2 is 1.29 bits per heavy atom. The number of hydrogen-bond donors (Lipinski definition) is 3. The molecule has 0 amide bonds. The van der Waals surface area contributed by atoms with E-state index in [9.17, 15) is 0 Å². The summed E-state index contributed by atoms with van der Waals surface area (Å²) in [5.41, 5.74) is 5.48. The van der Waals surface area contributed by atoms with Gasteiger partial charge in [0, 0.05) is 11.4 Å². The lowest BCUT2D eigenvalue weighted by Crippen LogP contribution is -2.07. The number of rotatable bonds is 8. The lowest BCUT2D eigenvalue weighted by molar-refractivity contribution is 0.415. The summed E-state index contributed by atoms with van der Waals surface area (Å²) in [5, 5.41) is 10.6. The fraction of sp³-hybridized carbons (Fsp3) is 0.0435. The molecule has 8 heteroatoms. The van der Waals surface area contributed by atoms with Gasteiger partial charge in [-0.1, -0.05) is 48.5 Å². The molecular formula is C23H21N7O. The maximum Gasteiger partial charge on any atom is 0.250 e. The molecule has 1 heterocycles. The number of ether oxygens (including phenoxy) is 1. The second-order valence-corrected chi connectivity index (χ2v) is 6.43. The molecule has 0 atom stereocenters. The van der Waals surface area contributed by atoms with Crippen molar-refractivity contribution in [3.8, 4) is 5.75 Å². The minimum Gasteiger partial charge on any atom is -0.497 e. The van der Waals surface area contributed by atoms with Crippen molar-refractivity contribution in [3.63, 3.8) is 0 Å². The number of methoxy groups -OCH3 is 1. The first kappa shape index (κ1) is 19.8. The Labute approximate surface area is 180 Å². The van der Waals surface area contributed by atoms with Gasteiger partial charge in [-0.05, 0) is 42.0 Å². The first-order valence-corrected chi connectivity index (χ1v) is 9.62. The monoisotopic (exact) mass is 411 g/mol. The lowest BCUT2D eigenvalue weighted by Gasteiger charge is -2.10. The van der Waals surface area contributed by atoms with E-state index in [0.717, 1.165) is 22.7 Å². The van der Waals surface area contributed by atoms with Crippen LogP contribution in [0.1, 0.15) is 5.56 Å². The van der Waals surface area contributed by atoms with E-state index >= 15 is 0 Å². The fourth-order valence-corrected chi connectivity index (χ4v) is 2.73. The fourth-order valence-electron chi connectivity index (χ4n) is 2.73. The van der Waals surface area contributed by atoms with Crippen LogP contribution in [0.5, 0.6) is 5.75 Å². The van der Waals surface area contributed by atoms with E-state index in [2.05, 4.69) is 36.1 Å². The SMILES string of the molecule is COc1cccc(/C=N/Nc2nc(Nc3ccccc3)nc(Nc3ccccc3)n2)c1. The van der Waals surface area contributed by atoms with Gasteiger partial charge in [0.1, 0.15) is 5.75 Å². The molecule has 0 aliphatic heterocycles. The third-order valence-corrected chi connectivity index (χ3v) is 4.17. The molecule has 0 saturated carbocycles. The van der Waals surface area contributed by atoms with E-state index in [-0.39, 0.29) is 0 Å². The van der Waals surface area contributed by atoms with Crippen molar-refractivity contribution in [2.45, 2.75) is 0 Å². The predicted octanol–water partition coefficient (Wildman–Crippen LogP) is 4.81. The second-order valence-electron chi connectivity index (χ2n) is 6.43. The minimum atomic E-state index is 0.297. The van der Waals surface area contributed by atoms with Gasteiger partial charge < -0.3 is 15.4 Å². The van der Waals surface area contributed by atoms with Crippen molar-refractivity contribution < 1.29 is 4.74 Å². The van der Waals surface area contributed by atoms with Gasteiger partial charge in [0.05, 0.1) is 13.3 Å². The van der Waals surface area contributed by atoms with E-state index < -0.39 is 0 Å². The standard InChI is InChI=1S/C23H21N7O/c1-31-20-14-8-9-17(15-20)16-24-30-23-28-21(25-18-10-4-2-5-11-18)27-22(29-23)26-19-12-6-3-7-13-19/h2-16H,1H3,(H3,25,26,27,28,29,30)/b24-16+. The highest BCUT2D eigenvalue weighted by Crippen LogP contribution is 2.18. The Morgan fingerprint density at radius 1 is 0.710 bits per heavy atom. The average Bonchev–Trinajstić information content (AvgIpc) is 2.80. The Morgan fingerprint density at radius 3 is 1.87 bits per heavy atom. The summed E-state index contributed by atoms with van der Waals surface area (Å²) in [4.78, 5) is 13.3. The molecule has 0 spiro atoms. The van der Waals surface area contributed by atoms with Gasteiger partial charge in [0.2, 0.25) is 17.8 Å². The number of anilines is 5. The lowest BCUT2D eigenvalue weighted by atomic mass is 10.2. The average molecular weight is 411 g/mol. The van der Waals surface area contributed by atoms with Crippen LogP contribution in [0.3, 0.4) is 0 Å². The Bertz CT molecular complexity index is 1090. The summed E-state index contributed by atoms with van der Waals surface area (Å²) in [6.45, 7) is 0. The summed E-state index contributed by atoms with van der Waals surface area (Å²) in [6, 6.07) is 26.9. The normalized spacial score (nSPS) is 10.6. The molecule has 3 N–H and O–H groups in total. The zero-order valence-corrected chi connectivity index (χ0v) is 16.9. The van der Waals surface area contributed by atoms with Crippen LogP contribution in [0.2, 0.25) is 0 Å². The van der Waals surface area contributed by atoms with Gasteiger partial charge in [-0.15, -0.1) is 0 Å². The van der Waals surface area contributed by atoms with Crippen molar-refractivity contribution in [2.75, 3.05) is 23.2 Å². The van der Waals surface area contributed by atoms with E-state index in [0.29, 0.717) is 17.8 Å². The molecule has 0 aliphatic carbocycles. The summed E-state index contributed by atoms with van der Waals surface area (Å²) in [7, 11) is 1.63. The summed E-state index contributed by atoms with van der Waals surface area (Å²) < 4.78 is 5.23. The molecular weight excluding hydrogens is 390 g/mol.